The number of hydrogen-bond donors (Lipinski definition) is 3. The second-order valence-corrected chi connectivity index (χ2v) is 6.41. The molecule has 0 bridgehead atoms. The summed E-state index contributed by atoms with van der Waals surface area (Å²) in [6.45, 7) is 1.29. The number of hydrogen-bond acceptors (Lipinski definition) is 3. The molecule has 0 amide bonds. The minimum atomic E-state index is -1.24. The summed E-state index contributed by atoms with van der Waals surface area (Å²) in [7, 11) is 0. The quantitative estimate of drug-likeness (QED) is 0.548. The Morgan fingerprint density at radius 1 is 0.897 bits per heavy atom. The third-order valence-electron chi connectivity index (χ3n) is 4.62. The molecule has 0 radical (unpaired) electrons. The van der Waals surface area contributed by atoms with Crippen LogP contribution in [0.25, 0.3) is 11.1 Å². The van der Waals surface area contributed by atoms with E-state index in [0.717, 1.165) is 12.1 Å². The van der Waals surface area contributed by atoms with E-state index in [1.807, 2.05) is 0 Å². The molecule has 0 atom stereocenters. The largest absolute Gasteiger partial charge is 0.478 e. The van der Waals surface area contributed by atoms with Crippen LogP contribution in [-0.4, -0.2) is 22.2 Å². The summed E-state index contributed by atoms with van der Waals surface area (Å²) >= 11 is 0. The van der Waals surface area contributed by atoms with Gasteiger partial charge in [-0.15, -0.1) is 0 Å². The number of nitrogens with one attached hydrogen (secondary N) is 1. The third-order valence-corrected chi connectivity index (χ3v) is 4.62. The van der Waals surface area contributed by atoms with Crippen molar-refractivity contribution in [2.75, 3.05) is 5.32 Å². The smallest absolute Gasteiger partial charge is 0.335 e. The van der Waals surface area contributed by atoms with Crippen LogP contribution in [0, 0.1) is 18.6 Å². The van der Waals surface area contributed by atoms with Crippen LogP contribution in [0.5, 0.6) is 0 Å². The van der Waals surface area contributed by atoms with Crippen molar-refractivity contribution in [2.24, 2.45) is 0 Å². The highest BCUT2D eigenvalue weighted by Gasteiger charge is 2.19. The average Bonchev–Trinajstić information content (AvgIpc) is 2.67. The molecule has 29 heavy (non-hydrogen) atoms. The van der Waals surface area contributed by atoms with Crippen molar-refractivity contribution in [3.63, 3.8) is 0 Å². The highest BCUT2D eigenvalue weighted by atomic mass is 19.1. The van der Waals surface area contributed by atoms with Gasteiger partial charge in [0.2, 0.25) is 0 Å². The van der Waals surface area contributed by atoms with E-state index >= 15 is 0 Å². The minimum Gasteiger partial charge on any atom is -0.478 e. The Hall–Kier alpha value is -3.74. The van der Waals surface area contributed by atoms with E-state index in [9.17, 15) is 28.6 Å². The van der Waals surface area contributed by atoms with Crippen molar-refractivity contribution in [2.45, 2.75) is 13.5 Å². The molecule has 0 aliphatic rings. The predicted molar refractivity (Wildman–Crippen MR) is 104 cm³/mol. The van der Waals surface area contributed by atoms with E-state index in [4.69, 9.17) is 0 Å². The zero-order valence-corrected chi connectivity index (χ0v) is 15.4. The first-order valence-corrected chi connectivity index (χ1v) is 8.67. The van der Waals surface area contributed by atoms with Gasteiger partial charge in [-0.2, -0.15) is 0 Å². The number of anilines is 1. The van der Waals surface area contributed by atoms with Crippen LogP contribution in [0.2, 0.25) is 0 Å². The lowest BCUT2D eigenvalue weighted by molar-refractivity contribution is 0.0696. The van der Waals surface area contributed by atoms with Gasteiger partial charge in [-0.25, -0.2) is 18.4 Å². The van der Waals surface area contributed by atoms with Crippen LogP contribution in [0.1, 0.15) is 31.8 Å². The standard InChI is InChI=1S/C22H17F2NO4/c1-12-15(21(26)27)9-13(10-16(12)22(28)29)14-5-2-3-8-20(14)25-11-17-18(23)6-4-7-19(17)24/h2-10,25H,11H2,1H3,(H,26,27)(H,28,29). The average molecular weight is 397 g/mol. The van der Waals surface area contributed by atoms with Crippen LogP contribution in [0.15, 0.2) is 54.6 Å². The summed E-state index contributed by atoms with van der Waals surface area (Å²) in [5.74, 6) is -3.87. The fourth-order valence-corrected chi connectivity index (χ4v) is 3.09. The second kappa shape index (κ2) is 8.10. The molecule has 3 N–H and O–H groups in total. The van der Waals surface area contributed by atoms with E-state index in [0.29, 0.717) is 16.8 Å². The first kappa shape index (κ1) is 20.0. The first-order valence-electron chi connectivity index (χ1n) is 8.67. The molecule has 0 spiro atoms. The van der Waals surface area contributed by atoms with Crippen molar-refractivity contribution in [1.29, 1.82) is 0 Å². The van der Waals surface area contributed by atoms with Crippen molar-refractivity contribution in [1.82, 2.24) is 0 Å². The molecular weight excluding hydrogens is 380 g/mol. The number of carbonyl (C=O) groups is 2. The molecule has 0 aliphatic heterocycles. The summed E-state index contributed by atoms with van der Waals surface area (Å²) in [5.41, 5.74) is 1.10. The number of benzene rings is 3. The minimum absolute atomic E-state index is 0.130. The van der Waals surface area contributed by atoms with Crippen molar-refractivity contribution < 1.29 is 28.6 Å². The van der Waals surface area contributed by atoms with E-state index in [1.165, 1.54) is 25.1 Å². The highest BCUT2D eigenvalue weighted by Crippen LogP contribution is 2.32. The number of carboxylic acids is 2. The van der Waals surface area contributed by atoms with Crippen molar-refractivity contribution in [3.8, 4) is 11.1 Å². The summed E-state index contributed by atoms with van der Waals surface area (Å²) in [4.78, 5) is 23.1. The topological polar surface area (TPSA) is 86.6 Å². The van der Waals surface area contributed by atoms with Crippen LogP contribution in [0.3, 0.4) is 0 Å². The van der Waals surface area contributed by atoms with Crippen LogP contribution in [-0.2, 0) is 6.54 Å². The molecule has 0 saturated heterocycles. The molecule has 3 aromatic carbocycles. The van der Waals surface area contributed by atoms with Gasteiger partial charge in [0, 0.05) is 23.4 Å². The number of halogens is 2. The molecule has 0 saturated carbocycles. The molecule has 5 nitrogen and oxygen atoms in total. The number of rotatable bonds is 6. The number of aromatic carboxylic acids is 2. The maximum atomic E-state index is 13.9. The summed E-state index contributed by atoms with van der Waals surface area (Å²) in [6, 6.07) is 13.1. The highest BCUT2D eigenvalue weighted by molar-refractivity contribution is 5.99. The lowest BCUT2D eigenvalue weighted by Gasteiger charge is -2.15. The molecule has 3 aromatic rings. The molecule has 148 valence electrons. The Labute approximate surface area is 165 Å². The van der Waals surface area contributed by atoms with Crippen LogP contribution in [0.4, 0.5) is 14.5 Å². The fraction of sp³-hybridized carbons (Fsp3) is 0.0909. The molecule has 7 heteroatoms. The SMILES string of the molecule is Cc1c(C(=O)O)cc(-c2ccccc2NCc2c(F)cccc2F)cc1C(=O)O. The van der Waals surface area contributed by atoms with Gasteiger partial charge in [0.25, 0.3) is 0 Å². The Kier molecular flexibility index (Phi) is 5.59. The predicted octanol–water partition coefficient (Wildman–Crippen LogP) is 4.95. The van der Waals surface area contributed by atoms with E-state index in [-0.39, 0.29) is 28.8 Å². The Morgan fingerprint density at radius 2 is 1.45 bits per heavy atom. The Balaban J connectivity index is 2.05. The zero-order valence-electron chi connectivity index (χ0n) is 15.4. The molecule has 0 unspecified atom stereocenters. The lowest BCUT2D eigenvalue weighted by Crippen LogP contribution is -2.09. The Morgan fingerprint density at radius 3 is 2.00 bits per heavy atom. The van der Waals surface area contributed by atoms with Gasteiger partial charge >= 0.3 is 11.9 Å². The molecule has 0 aliphatic carbocycles. The van der Waals surface area contributed by atoms with Gasteiger partial charge in [-0.1, -0.05) is 24.3 Å². The first-order chi connectivity index (χ1) is 13.8. The van der Waals surface area contributed by atoms with Crippen LogP contribution >= 0.6 is 0 Å². The summed E-state index contributed by atoms with van der Waals surface area (Å²) in [5, 5.41) is 21.8. The normalized spacial score (nSPS) is 10.6. The van der Waals surface area contributed by atoms with E-state index < -0.39 is 23.6 Å². The molecule has 0 aromatic heterocycles. The van der Waals surface area contributed by atoms with Gasteiger partial charge in [0.15, 0.2) is 0 Å². The van der Waals surface area contributed by atoms with Gasteiger partial charge in [-0.3, -0.25) is 0 Å². The van der Waals surface area contributed by atoms with Gasteiger partial charge in [0.05, 0.1) is 11.1 Å². The Bertz CT molecular complexity index is 1060. The molecule has 3 rings (SSSR count). The van der Waals surface area contributed by atoms with Gasteiger partial charge in [0.1, 0.15) is 11.6 Å². The monoisotopic (exact) mass is 397 g/mol. The van der Waals surface area contributed by atoms with Crippen LogP contribution < -0.4 is 5.32 Å². The fourth-order valence-electron chi connectivity index (χ4n) is 3.09. The van der Waals surface area contributed by atoms with Gasteiger partial charge in [-0.05, 0) is 48.4 Å². The van der Waals surface area contributed by atoms with E-state index in [1.54, 1.807) is 24.3 Å². The lowest BCUT2D eigenvalue weighted by atomic mass is 9.94. The number of carboxylic acid groups (broad SMARTS) is 2. The zero-order chi connectivity index (χ0) is 21.1. The maximum Gasteiger partial charge on any atom is 0.335 e. The van der Waals surface area contributed by atoms with Crippen molar-refractivity contribution >= 4 is 17.6 Å². The number of para-hydroxylation sites is 1. The maximum absolute atomic E-state index is 13.9. The summed E-state index contributed by atoms with van der Waals surface area (Å²) < 4.78 is 27.8. The third kappa shape index (κ3) is 4.08. The van der Waals surface area contributed by atoms with E-state index in [2.05, 4.69) is 5.32 Å². The molecule has 0 heterocycles. The molecular formula is C22H17F2NO4. The van der Waals surface area contributed by atoms with Crippen molar-refractivity contribution in [3.05, 3.63) is 88.5 Å². The molecule has 0 fully saturated rings. The van der Waals surface area contributed by atoms with Gasteiger partial charge < -0.3 is 15.5 Å². The second-order valence-electron chi connectivity index (χ2n) is 6.41. The summed E-state index contributed by atoms with van der Waals surface area (Å²) in [6.07, 6.45) is 0.